The molecule has 0 bridgehead atoms. The Bertz CT molecular complexity index is 659. The molecule has 1 aliphatic carbocycles. The van der Waals surface area contributed by atoms with Gasteiger partial charge >= 0.3 is 0 Å². The highest BCUT2D eigenvalue weighted by Gasteiger charge is 2.39. The van der Waals surface area contributed by atoms with Crippen molar-refractivity contribution in [3.8, 4) is 0 Å². The van der Waals surface area contributed by atoms with Crippen molar-refractivity contribution in [1.82, 2.24) is 19.9 Å². The van der Waals surface area contributed by atoms with Crippen LogP contribution in [-0.2, 0) is 19.0 Å². The number of nitrogens with zero attached hydrogens (tertiary/aromatic N) is 4. The third kappa shape index (κ3) is 2.77. The van der Waals surface area contributed by atoms with Crippen molar-refractivity contribution in [2.24, 2.45) is 12.8 Å². The Hall–Kier alpha value is -1.40. The summed E-state index contributed by atoms with van der Waals surface area (Å²) in [5.41, 5.74) is 9.40. The second-order valence-corrected chi connectivity index (χ2v) is 6.34. The minimum Gasteiger partial charge on any atom is -0.339 e. The smallest absolute Gasteiger partial charge is 0.229 e. The van der Waals surface area contributed by atoms with Crippen LogP contribution in [0.25, 0.3) is 0 Å². The fraction of sp³-hybridized carbons (Fsp3) is 0.667. The Kier molecular flexibility index (Phi) is 4.63. The molecule has 0 radical (unpaired) electrons. The monoisotopic (exact) mass is 325 g/mol. The first-order chi connectivity index (χ1) is 9.90. The minimum absolute atomic E-state index is 0. The maximum absolute atomic E-state index is 6.24. The van der Waals surface area contributed by atoms with Gasteiger partial charge in [-0.15, -0.1) is 12.4 Å². The number of aromatic nitrogens is 4. The van der Waals surface area contributed by atoms with Crippen molar-refractivity contribution in [2.75, 3.05) is 0 Å². The van der Waals surface area contributed by atoms with Gasteiger partial charge in [-0.25, -0.2) is 0 Å². The lowest BCUT2D eigenvalue weighted by molar-refractivity contribution is 0.228. The average molecular weight is 326 g/mol. The van der Waals surface area contributed by atoms with Gasteiger partial charge in [0.15, 0.2) is 5.82 Å². The van der Waals surface area contributed by atoms with E-state index in [-0.39, 0.29) is 23.9 Å². The molecule has 0 amide bonds. The Morgan fingerprint density at radius 3 is 2.55 bits per heavy atom. The highest BCUT2D eigenvalue weighted by Crippen LogP contribution is 2.37. The van der Waals surface area contributed by atoms with Crippen molar-refractivity contribution in [3.63, 3.8) is 0 Å². The molecule has 0 aliphatic heterocycles. The highest BCUT2D eigenvalue weighted by atomic mass is 35.5. The maximum Gasteiger partial charge on any atom is 0.229 e. The molecule has 1 aliphatic rings. The number of hydrogen-bond acceptors (Lipinski definition) is 5. The molecule has 3 rings (SSSR count). The number of aryl methyl sites for hydroxylation is 2. The molecule has 0 aromatic carbocycles. The van der Waals surface area contributed by atoms with Gasteiger partial charge in [0.2, 0.25) is 5.89 Å². The van der Waals surface area contributed by atoms with E-state index >= 15 is 0 Å². The van der Waals surface area contributed by atoms with E-state index in [2.05, 4.69) is 29.1 Å². The molecule has 22 heavy (non-hydrogen) atoms. The molecule has 2 aromatic heterocycles. The van der Waals surface area contributed by atoms with Crippen molar-refractivity contribution < 1.29 is 4.52 Å². The summed E-state index contributed by atoms with van der Waals surface area (Å²) in [5.74, 6) is 1.50. The van der Waals surface area contributed by atoms with Crippen LogP contribution in [0.4, 0.5) is 0 Å². The molecular formula is C15H24ClN5O. The topological polar surface area (TPSA) is 82.8 Å². The summed E-state index contributed by atoms with van der Waals surface area (Å²) in [7, 11) is 1.97. The predicted octanol–water partition coefficient (Wildman–Crippen LogP) is 2.53. The standard InChI is InChI=1S/C15H23N5O.ClH/c1-9(8-12-10(2)18-20(4)11(12)3)13-17-14(19-21-13)15(16)6-5-7-15;/h9H,5-8,16H2,1-4H3;1H. The predicted molar refractivity (Wildman–Crippen MR) is 86.1 cm³/mol. The van der Waals surface area contributed by atoms with Crippen LogP contribution in [0.5, 0.6) is 0 Å². The first-order valence-corrected chi connectivity index (χ1v) is 7.53. The summed E-state index contributed by atoms with van der Waals surface area (Å²) in [6.45, 7) is 6.23. The van der Waals surface area contributed by atoms with E-state index < -0.39 is 0 Å². The third-order valence-corrected chi connectivity index (χ3v) is 4.72. The lowest BCUT2D eigenvalue weighted by Gasteiger charge is -2.34. The summed E-state index contributed by atoms with van der Waals surface area (Å²) < 4.78 is 7.36. The van der Waals surface area contributed by atoms with Crippen LogP contribution in [0, 0.1) is 13.8 Å². The largest absolute Gasteiger partial charge is 0.339 e. The summed E-state index contributed by atoms with van der Waals surface area (Å²) >= 11 is 0. The molecule has 1 saturated carbocycles. The van der Waals surface area contributed by atoms with Crippen LogP contribution >= 0.6 is 12.4 Å². The van der Waals surface area contributed by atoms with E-state index in [1.165, 1.54) is 11.3 Å². The van der Waals surface area contributed by atoms with Crippen molar-refractivity contribution in [1.29, 1.82) is 0 Å². The van der Waals surface area contributed by atoms with Crippen LogP contribution in [0.3, 0.4) is 0 Å². The molecule has 2 N–H and O–H groups in total. The Labute approximate surface area is 136 Å². The van der Waals surface area contributed by atoms with E-state index in [0.717, 1.165) is 31.4 Å². The van der Waals surface area contributed by atoms with Crippen LogP contribution in [-0.4, -0.2) is 19.9 Å². The van der Waals surface area contributed by atoms with Gasteiger partial charge in [-0.2, -0.15) is 10.1 Å². The Morgan fingerprint density at radius 2 is 2.05 bits per heavy atom. The number of rotatable bonds is 4. The molecule has 2 aromatic rings. The van der Waals surface area contributed by atoms with Gasteiger partial charge < -0.3 is 10.3 Å². The number of halogens is 1. The normalized spacial score (nSPS) is 17.7. The van der Waals surface area contributed by atoms with Gasteiger partial charge in [0.1, 0.15) is 0 Å². The molecule has 1 atom stereocenters. The fourth-order valence-electron chi connectivity index (χ4n) is 2.93. The SMILES string of the molecule is Cc1nn(C)c(C)c1CC(C)c1nc(C2(N)CCC2)no1.Cl. The minimum atomic E-state index is -0.360. The zero-order chi connectivity index (χ0) is 15.2. The zero-order valence-electron chi connectivity index (χ0n) is 13.6. The molecule has 2 heterocycles. The Balaban J connectivity index is 0.00000176. The molecule has 7 heteroatoms. The Morgan fingerprint density at radius 1 is 1.36 bits per heavy atom. The van der Waals surface area contributed by atoms with Crippen molar-refractivity contribution in [2.45, 2.75) is 57.9 Å². The fourth-order valence-corrected chi connectivity index (χ4v) is 2.93. The zero-order valence-corrected chi connectivity index (χ0v) is 14.4. The van der Waals surface area contributed by atoms with Crippen LogP contribution < -0.4 is 5.73 Å². The number of hydrogen-bond donors (Lipinski definition) is 1. The first kappa shape index (κ1) is 17.0. The van der Waals surface area contributed by atoms with Gasteiger partial charge in [0.25, 0.3) is 0 Å². The summed E-state index contributed by atoms with van der Waals surface area (Å²) in [5, 5.41) is 8.54. The van der Waals surface area contributed by atoms with Gasteiger partial charge in [-0.05, 0) is 45.1 Å². The van der Waals surface area contributed by atoms with Gasteiger partial charge in [0.05, 0.1) is 11.2 Å². The highest BCUT2D eigenvalue weighted by molar-refractivity contribution is 5.85. The van der Waals surface area contributed by atoms with E-state index in [9.17, 15) is 0 Å². The van der Waals surface area contributed by atoms with Crippen molar-refractivity contribution in [3.05, 3.63) is 28.7 Å². The lowest BCUT2D eigenvalue weighted by Crippen LogP contribution is -2.44. The molecular weight excluding hydrogens is 302 g/mol. The second-order valence-electron chi connectivity index (χ2n) is 6.34. The summed E-state index contributed by atoms with van der Waals surface area (Å²) in [4.78, 5) is 4.54. The van der Waals surface area contributed by atoms with Gasteiger partial charge in [-0.3, -0.25) is 4.68 Å². The molecule has 0 saturated heterocycles. The lowest BCUT2D eigenvalue weighted by atomic mass is 9.77. The van der Waals surface area contributed by atoms with E-state index in [1.807, 2.05) is 18.7 Å². The van der Waals surface area contributed by atoms with E-state index in [1.54, 1.807) is 0 Å². The summed E-state index contributed by atoms with van der Waals surface area (Å²) in [6.07, 6.45) is 3.89. The quantitative estimate of drug-likeness (QED) is 0.934. The molecule has 122 valence electrons. The van der Waals surface area contributed by atoms with Crippen LogP contribution in [0.1, 0.15) is 60.8 Å². The van der Waals surface area contributed by atoms with Gasteiger partial charge in [0, 0.05) is 18.7 Å². The third-order valence-electron chi connectivity index (χ3n) is 4.72. The number of nitrogens with two attached hydrogens (primary N) is 1. The maximum atomic E-state index is 6.24. The van der Waals surface area contributed by atoms with Crippen LogP contribution in [0.2, 0.25) is 0 Å². The van der Waals surface area contributed by atoms with Gasteiger partial charge in [-0.1, -0.05) is 12.1 Å². The second kappa shape index (κ2) is 6.01. The molecule has 1 fully saturated rings. The molecule has 0 spiro atoms. The molecule has 1 unspecified atom stereocenters. The van der Waals surface area contributed by atoms with E-state index in [0.29, 0.717) is 11.7 Å². The van der Waals surface area contributed by atoms with Crippen LogP contribution in [0.15, 0.2) is 4.52 Å². The van der Waals surface area contributed by atoms with Crippen molar-refractivity contribution >= 4 is 12.4 Å². The summed E-state index contributed by atoms with van der Waals surface area (Å²) in [6, 6.07) is 0. The van der Waals surface area contributed by atoms with E-state index in [4.69, 9.17) is 10.3 Å². The molecule has 6 nitrogen and oxygen atoms in total. The average Bonchev–Trinajstić information content (AvgIpc) is 2.98. The first-order valence-electron chi connectivity index (χ1n) is 7.53.